The molecule has 0 aromatic heterocycles. The molecule has 0 aliphatic carbocycles. The van der Waals surface area contributed by atoms with Crippen molar-refractivity contribution in [2.24, 2.45) is 0 Å². The van der Waals surface area contributed by atoms with Crippen LogP contribution in [0, 0.1) is 19.7 Å². The number of rotatable bonds is 8. The topological polar surface area (TPSA) is 82.1 Å². The van der Waals surface area contributed by atoms with Gasteiger partial charge in [-0.3, -0.25) is 4.79 Å². The van der Waals surface area contributed by atoms with Crippen LogP contribution in [0.4, 0.5) is 4.39 Å². The molecular weight excluding hydrogens is 545 g/mol. The lowest BCUT2D eigenvalue weighted by Gasteiger charge is -2.37. The average molecular weight is 576 g/mol. The molecule has 7 nitrogen and oxygen atoms in total. The Bertz CT molecular complexity index is 1480. The summed E-state index contributed by atoms with van der Waals surface area (Å²) in [5.74, 6) is -2.20. The minimum Gasteiger partial charge on any atom is -0.476 e. The molecule has 3 aromatic rings. The third-order valence-corrected chi connectivity index (χ3v) is 9.28. The standard InChI is InChI=1S/C29H31ClFNO6S/c1-17-11-12-24(31)26(18(17)2)19(3)27(29(33)36-5)32-16-38-25-14-22(30)13-23(28(25)39(32,34)35)20(4)37-15-21-9-7-6-8-10-21/h6-14,19-20,27H,15-16H2,1-5H3/t19?,20?,27-/m0/s1. The van der Waals surface area contributed by atoms with Crippen molar-refractivity contribution >= 4 is 27.6 Å². The fourth-order valence-electron chi connectivity index (χ4n) is 4.92. The van der Waals surface area contributed by atoms with E-state index in [1.54, 1.807) is 26.8 Å². The maximum Gasteiger partial charge on any atom is 0.324 e. The number of hydrogen-bond donors (Lipinski definition) is 0. The molecule has 0 saturated heterocycles. The Morgan fingerprint density at radius 1 is 1.13 bits per heavy atom. The first-order valence-electron chi connectivity index (χ1n) is 12.4. The molecule has 2 unspecified atom stereocenters. The molecule has 4 rings (SSSR count). The van der Waals surface area contributed by atoms with Gasteiger partial charge < -0.3 is 14.2 Å². The lowest BCUT2D eigenvalue weighted by Crippen LogP contribution is -2.52. The molecule has 1 aliphatic rings. The van der Waals surface area contributed by atoms with Gasteiger partial charge in [0.25, 0.3) is 10.0 Å². The first-order valence-corrected chi connectivity index (χ1v) is 14.3. The molecule has 0 bridgehead atoms. The summed E-state index contributed by atoms with van der Waals surface area (Å²) >= 11 is 6.33. The minimum atomic E-state index is -4.35. The zero-order valence-electron chi connectivity index (χ0n) is 22.4. The normalized spacial score (nSPS) is 17.0. The summed E-state index contributed by atoms with van der Waals surface area (Å²) in [6, 6.07) is 13.9. The van der Waals surface area contributed by atoms with E-state index in [1.165, 1.54) is 18.2 Å². The van der Waals surface area contributed by atoms with Gasteiger partial charge in [0.1, 0.15) is 22.5 Å². The second kappa shape index (κ2) is 11.6. The average Bonchev–Trinajstić information content (AvgIpc) is 2.90. The summed E-state index contributed by atoms with van der Waals surface area (Å²) in [5, 5.41) is 0.276. The molecule has 0 N–H and O–H groups in total. The highest BCUT2D eigenvalue weighted by molar-refractivity contribution is 7.89. The van der Waals surface area contributed by atoms with Crippen molar-refractivity contribution < 1.29 is 31.8 Å². The van der Waals surface area contributed by atoms with E-state index in [1.807, 2.05) is 37.3 Å². The molecule has 0 radical (unpaired) electrons. The smallest absolute Gasteiger partial charge is 0.324 e. The van der Waals surface area contributed by atoms with Gasteiger partial charge in [-0.25, -0.2) is 12.8 Å². The van der Waals surface area contributed by atoms with Gasteiger partial charge in [0.15, 0.2) is 6.73 Å². The van der Waals surface area contributed by atoms with Crippen LogP contribution in [0.15, 0.2) is 59.5 Å². The van der Waals surface area contributed by atoms with Crippen LogP contribution in [0.5, 0.6) is 5.75 Å². The number of benzene rings is 3. The van der Waals surface area contributed by atoms with Crippen LogP contribution in [-0.4, -0.2) is 38.6 Å². The Hall–Kier alpha value is -2.98. The van der Waals surface area contributed by atoms with Gasteiger partial charge in [0.05, 0.1) is 19.8 Å². The molecule has 0 saturated carbocycles. The van der Waals surface area contributed by atoms with E-state index >= 15 is 4.39 Å². The fraction of sp³-hybridized carbons (Fsp3) is 0.345. The Morgan fingerprint density at radius 3 is 2.49 bits per heavy atom. The van der Waals surface area contributed by atoms with E-state index in [-0.39, 0.29) is 33.4 Å². The second-order valence-corrected chi connectivity index (χ2v) is 11.9. The Balaban J connectivity index is 1.77. The number of aryl methyl sites for hydroxylation is 1. The van der Waals surface area contributed by atoms with E-state index in [9.17, 15) is 13.2 Å². The van der Waals surface area contributed by atoms with Crippen LogP contribution < -0.4 is 4.74 Å². The number of nitrogens with zero attached hydrogens (tertiary/aromatic N) is 1. The largest absolute Gasteiger partial charge is 0.476 e. The van der Waals surface area contributed by atoms with Crippen molar-refractivity contribution in [3.8, 4) is 5.75 Å². The minimum absolute atomic E-state index is 0.0538. The first kappa shape index (κ1) is 29.0. The number of carbonyl (C=O) groups excluding carboxylic acids is 1. The molecule has 10 heteroatoms. The number of carbonyl (C=O) groups is 1. The Morgan fingerprint density at radius 2 is 1.82 bits per heavy atom. The predicted molar refractivity (Wildman–Crippen MR) is 146 cm³/mol. The lowest BCUT2D eigenvalue weighted by molar-refractivity contribution is -0.146. The van der Waals surface area contributed by atoms with E-state index in [4.69, 9.17) is 25.8 Å². The number of sulfonamides is 1. The third-order valence-electron chi connectivity index (χ3n) is 7.16. The molecule has 3 aromatic carbocycles. The van der Waals surface area contributed by atoms with Crippen LogP contribution >= 0.6 is 11.6 Å². The third kappa shape index (κ3) is 5.68. The van der Waals surface area contributed by atoms with E-state index in [2.05, 4.69) is 0 Å². The molecule has 208 valence electrons. The quantitative estimate of drug-likeness (QED) is 0.304. The van der Waals surface area contributed by atoms with Crippen molar-refractivity contribution in [1.29, 1.82) is 0 Å². The molecular formula is C29H31ClFNO6S. The zero-order valence-corrected chi connectivity index (χ0v) is 24.0. The fourth-order valence-corrected chi connectivity index (χ4v) is 7.03. The number of ether oxygens (including phenoxy) is 3. The number of halogens is 2. The first-order chi connectivity index (χ1) is 18.5. The summed E-state index contributed by atoms with van der Waals surface area (Å²) in [4.78, 5) is 13.0. The highest BCUT2D eigenvalue weighted by Gasteiger charge is 2.46. The van der Waals surface area contributed by atoms with Gasteiger partial charge in [-0.05, 0) is 55.2 Å². The van der Waals surface area contributed by atoms with Crippen LogP contribution in [0.1, 0.15) is 53.7 Å². The van der Waals surface area contributed by atoms with Crippen LogP contribution in [0.2, 0.25) is 5.02 Å². The van der Waals surface area contributed by atoms with Gasteiger partial charge >= 0.3 is 5.97 Å². The second-order valence-electron chi connectivity index (χ2n) is 9.59. The molecule has 39 heavy (non-hydrogen) atoms. The monoisotopic (exact) mass is 575 g/mol. The Kier molecular flexibility index (Phi) is 8.66. The van der Waals surface area contributed by atoms with E-state index in [0.717, 1.165) is 22.5 Å². The van der Waals surface area contributed by atoms with Gasteiger partial charge in [-0.1, -0.05) is 54.9 Å². The maximum absolute atomic E-state index is 15.1. The zero-order chi connectivity index (χ0) is 28.5. The molecule has 3 atom stereocenters. The van der Waals surface area contributed by atoms with Crippen molar-refractivity contribution in [2.45, 2.75) is 57.3 Å². The van der Waals surface area contributed by atoms with Gasteiger partial charge in [0, 0.05) is 22.6 Å². The highest BCUT2D eigenvalue weighted by atomic mass is 35.5. The molecule has 1 heterocycles. The number of methoxy groups -OCH3 is 1. The molecule has 0 spiro atoms. The molecule has 0 amide bonds. The Labute approximate surface area is 233 Å². The van der Waals surface area contributed by atoms with Crippen molar-refractivity contribution in [1.82, 2.24) is 4.31 Å². The van der Waals surface area contributed by atoms with Gasteiger partial charge in [0.2, 0.25) is 0 Å². The van der Waals surface area contributed by atoms with Crippen molar-refractivity contribution in [2.75, 3.05) is 13.8 Å². The highest BCUT2D eigenvalue weighted by Crippen LogP contribution is 2.43. The lowest BCUT2D eigenvalue weighted by atomic mass is 9.87. The van der Waals surface area contributed by atoms with Gasteiger partial charge in [-0.15, -0.1) is 4.31 Å². The molecule has 0 fully saturated rings. The predicted octanol–water partition coefficient (Wildman–Crippen LogP) is 6.06. The van der Waals surface area contributed by atoms with E-state index in [0.29, 0.717) is 5.56 Å². The summed E-state index contributed by atoms with van der Waals surface area (Å²) in [6.45, 7) is 6.64. The van der Waals surface area contributed by atoms with E-state index < -0.39 is 46.6 Å². The number of hydrogen-bond acceptors (Lipinski definition) is 6. The van der Waals surface area contributed by atoms with Crippen LogP contribution in [0.25, 0.3) is 0 Å². The van der Waals surface area contributed by atoms with Crippen LogP contribution in [0.3, 0.4) is 0 Å². The number of esters is 1. The van der Waals surface area contributed by atoms with Crippen molar-refractivity contribution in [3.63, 3.8) is 0 Å². The van der Waals surface area contributed by atoms with Crippen LogP contribution in [-0.2, 0) is 30.9 Å². The number of fused-ring (bicyclic) bond motifs is 1. The summed E-state index contributed by atoms with van der Waals surface area (Å²) in [6.07, 6.45) is -0.693. The summed E-state index contributed by atoms with van der Waals surface area (Å²) in [5.41, 5.74) is 2.87. The maximum atomic E-state index is 15.1. The van der Waals surface area contributed by atoms with Crippen molar-refractivity contribution in [3.05, 3.63) is 93.3 Å². The van der Waals surface area contributed by atoms with Gasteiger partial charge in [-0.2, -0.15) is 0 Å². The summed E-state index contributed by atoms with van der Waals surface area (Å²) in [7, 11) is -3.19. The molecule has 1 aliphatic heterocycles. The SMILES string of the molecule is COC(=O)[C@H](C(C)c1c(F)ccc(C)c1C)N1COc2cc(Cl)cc(C(C)OCc3ccccc3)c2S1(=O)=O. The summed E-state index contributed by atoms with van der Waals surface area (Å²) < 4.78 is 61.3.